The summed E-state index contributed by atoms with van der Waals surface area (Å²) in [5, 5.41) is 0. The van der Waals surface area contributed by atoms with Crippen molar-refractivity contribution in [2.45, 2.75) is 76.5 Å². The second-order valence-corrected chi connectivity index (χ2v) is 10.6. The van der Waals surface area contributed by atoms with Gasteiger partial charge in [0.2, 0.25) is 0 Å². The van der Waals surface area contributed by atoms with E-state index in [1.165, 1.54) is 0 Å². The number of hydrogen-bond acceptors (Lipinski definition) is 2. The molecular formula is C23H27F6NO2S. The van der Waals surface area contributed by atoms with Gasteiger partial charge in [0.1, 0.15) is 0 Å². The number of rotatable bonds is 6. The maximum atomic E-state index is 13.2. The number of halogens is 6. The van der Waals surface area contributed by atoms with Crippen LogP contribution < -0.4 is 4.72 Å². The summed E-state index contributed by atoms with van der Waals surface area (Å²) in [4.78, 5) is -1.11. The van der Waals surface area contributed by atoms with Gasteiger partial charge in [-0.1, -0.05) is 53.7 Å². The third-order valence-corrected chi connectivity index (χ3v) is 6.57. The summed E-state index contributed by atoms with van der Waals surface area (Å²) < 4.78 is 108. The van der Waals surface area contributed by atoms with E-state index in [-0.39, 0.29) is 41.6 Å². The third-order valence-electron chi connectivity index (χ3n) is 5.24. The Hall–Kier alpha value is -2.23. The van der Waals surface area contributed by atoms with Crippen LogP contribution in [0.4, 0.5) is 32.0 Å². The van der Waals surface area contributed by atoms with Gasteiger partial charge in [-0.25, -0.2) is 8.42 Å². The molecule has 0 saturated carbocycles. The second kappa shape index (κ2) is 9.19. The molecule has 0 amide bonds. The zero-order chi connectivity index (χ0) is 25.5. The largest absolute Gasteiger partial charge is 0.416 e. The average molecular weight is 496 g/mol. The minimum Gasteiger partial charge on any atom is -0.279 e. The molecule has 184 valence electrons. The predicted molar refractivity (Wildman–Crippen MR) is 116 cm³/mol. The smallest absolute Gasteiger partial charge is 0.279 e. The molecule has 2 aromatic rings. The van der Waals surface area contributed by atoms with Crippen LogP contribution >= 0.6 is 0 Å². The molecule has 0 radical (unpaired) electrons. The second-order valence-electron chi connectivity index (χ2n) is 8.89. The summed E-state index contributed by atoms with van der Waals surface area (Å²) in [6.07, 6.45) is -10.3. The van der Waals surface area contributed by atoms with Gasteiger partial charge in [-0.15, -0.1) is 0 Å². The predicted octanol–water partition coefficient (Wildman–Crippen LogP) is 7.90. The Labute approximate surface area is 190 Å². The van der Waals surface area contributed by atoms with E-state index in [9.17, 15) is 34.8 Å². The van der Waals surface area contributed by atoms with Crippen LogP contribution in [0.2, 0.25) is 0 Å². The summed E-state index contributed by atoms with van der Waals surface area (Å²) in [5.74, 6) is -0.194. The zero-order valence-electron chi connectivity index (χ0n) is 19.1. The fourth-order valence-corrected chi connectivity index (χ4v) is 4.53. The molecule has 0 aliphatic carbocycles. The van der Waals surface area contributed by atoms with Crippen molar-refractivity contribution >= 4 is 15.7 Å². The van der Waals surface area contributed by atoms with Crippen LogP contribution in [-0.2, 0) is 22.4 Å². The topological polar surface area (TPSA) is 46.2 Å². The monoisotopic (exact) mass is 495 g/mol. The number of alkyl halides is 6. The zero-order valence-corrected chi connectivity index (χ0v) is 19.9. The van der Waals surface area contributed by atoms with E-state index in [1.807, 2.05) is 53.7 Å². The lowest BCUT2D eigenvalue weighted by atomic mass is 9.88. The first-order valence-corrected chi connectivity index (χ1v) is 11.8. The molecular weight excluding hydrogens is 468 g/mol. The fourth-order valence-electron chi connectivity index (χ4n) is 3.35. The Balaban J connectivity index is 2.76. The van der Waals surface area contributed by atoms with E-state index >= 15 is 0 Å². The first-order chi connectivity index (χ1) is 14.8. The molecule has 0 bridgehead atoms. The molecule has 0 saturated heterocycles. The van der Waals surface area contributed by atoms with Gasteiger partial charge in [-0.2, -0.15) is 26.3 Å². The number of anilines is 1. The van der Waals surface area contributed by atoms with Gasteiger partial charge in [0.05, 0.1) is 21.7 Å². The summed E-state index contributed by atoms with van der Waals surface area (Å²) >= 11 is 0. The van der Waals surface area contributed by atoms with Crippen molar-refractivity contribution in [1.29, 1.82) is 0 Å². The van der Waals surface area contributed by atoms with Gasteiger partial charge in [-0.05, 0) is 52.6 Å². The SMILES string of the molecule is CC(C)c1cc(C(C)C)c(NS(=O)(=O)c2cc(C(F)(F)F)cc(C(F)(F)F)c2)c(C(C)C)c1. The van der Waals surface area contributed by atoms with Crippen LogP contribution in [0.25, 0.3) is 0 Å². The number of nitrogens with one attached hydrogen (secondary N) is 1. The highest BCUT2D eigenvalue weighted by Crippen LogP contribution is 2.40. The van der Waals surface area contributed by atoms with E-state index in [0.717, 1.165) is 5.56 Å². The van der Waals surface area contributed by atoms with Crippen molar-refractivity contribution in [3.05, 3.63) is 58.1 Å². The van der Waals surface area contributed by atoms with Crippen LogP contribution in [-0.4, -0.2) is 8.42 Å². The van der Waals surface area contributed by atoms with Crippen LogP contribution in [0.1, 0.15) is 87.1 Å². The molecule has 0 aliphatic rings. The minimum absolute atomic E-state index is 0.102. The molecule has 0 unspecified atom stereocenters. The van der Waals surface area contributed by atoms with Gasteiger partial charge in [0.15, 0.2) is 0 Å². The molecule has 0 spiro atoms. The Morgan fingerprint density at radius 2 is 1.06 bits per heavy atom. The van der Waals surface area contributed by atoms with Crippen molar-refractivity contribution in [1.82, 2.24) is 0 Å². The normalized spacial score (nSPS) is 13.3. The molecule has 2 aromatic carbocycles. The first-order valence-electron chi connectivity index (χ1n) is 10.3. The first kappa shape index (κ1) is 27.0. The fraction of sp³-hybridized carbons (Fsp3) is 0.478. The van der Waals surface area contributed by atoms with E-state index in [2.05, 4.69) is 4.72 Å². The Kier molecular flexibility index (Phi) is 7.53. The standard InChI is InChI=1S/C23H27F6NO2S/c1-12(2)15-7-19(13(3)4)21(20(8-15)14(5)6)30-33(31,32)18-10-16(22(24,25)26)9-17(11-18)23(27,28)29/h7-14,30H,1-6H3. The number of hydrogen-bond donors (Lipinski definition) is 1. The van der Waals surface area contributed by atoms with Gasteiger partial charge < -0.3 is 0 Å². The number of benzene rings is 2. The van der Waals surface area contributed by atoms with E-state index < -0.39 is 38.4 Å². The summed E-state index contributed by atoms with van der Waals surface area (Å²) in [7, 11) is -4.77. The van der Waals surface area contributed by atoms with Gasteiger partial charge in [0, 0.05) is 0 Å². The van der Waals surface area contributed by atoms with E-state index in [4.69, 9.17) is 0 Å². The van der Waals surface area contributed by atoms with Gasteiger partial charge in [-0.3, -0.25) is 4.72 Å². The molecule has 0 fully saturated rings. The molecule has 33 heavy (non-hydrogen) atoms. The van der Waals surface area contributed by atoms with Gasteiger partial charge in [0.25, 0.3) is 10.0 Å². The van der Waals surface area contributed by atoms with Crippen LogP contribution in [0, 0.1) is 0 Å². The molecule has 2 rings (SSSR count). The molecule has 0 atom stereocenters. The molecule has 10 heteroatoms. The summed E-state index contributed by atoms with van der Waals surface area (Å²) in [5.41, 5.74) is -1.05. The maximum Gasteiger partial charge on any atom is 0.416 e. The van der Waals surface area contributed by atoms with Crippen LogP contribution in [0.3, 0.4) is 0 Å². The minimum atomic E-state index is -5.16. The Bertz CT molecular complexity index is 1060. The summed E-state index contributed by atoms with van der Waals surface area (Å²) in [6, 6.07) is 3.95. The van der Waals surface area contributed by atoms with Crippen molar-refractivity contribution in [3.63, 3.8) is 0 Å². The average Bonchev–Trinajstić information content (AvgIpc) is 2.65. The van der Waals surface area contributed by atoms with E-state index in [0.29, 0.717) is 11.1 Å². The van der Waals surface area contributed by atoms with Crippen molar-refractivity contribution in [2.24, 2.45) is 0 Å². The van der Waals surface area contributed by atoms with Gasteiger partial charge >= 0.3 is 12.4 Å². The highest BCUT2D eigenvalue weighted by molar-refractivity contribution is 7.92. The number of sulfonamides is 1. The van der Waals surface area contributed by atoms with Crippen molar-refractivity contribution in [3.8, 4) is 0 Å². The lowest BCUT2D eigenvalue weighted by molar-refractivity contribution is -0.143. The third kappa shape index (κ3) is 6.22. The van der Waals surface area contributed by atoms with E-state index in [1.54, 1.807) is 0 Å². The highest BCUT2D eigenvalue weighted by Gasteiger charge is 2.38. The van der Waals surface area contributed by atoms with Crippen LogP contribution in [0.15, 0.2) is 35.2 Å². The molecule has 1 N–H and O–H groups in total. The molecule has 0 aliphatic heterocycles. The van der Waals surface area contributed by atoms with Crippen molar-refractivity contribution in [2.75, 3.05) is 4.72 Å². The molecule has 3 nitrogen and oxygen atoms in total. The maximum absolute atomic E-state index is 13.2. The lowest BCUT2D eigenvalue weighted by Gasteiger charge is -2.24. The van der Waals surface area contributed by atoms with Crippen LogP contribution in [0.5, 0.6) is 0 Å². The lowest BCUT2D eigenvalue weighted by Crippen LogP contribution is -2.19. The Morgan fingerprint density at radius 1 is 0.667 bits per heavy atom. The Morgan fingerprint density at radius 3 is 1.36 bits per heavy atom. The summed E-state index contributed by atoms with van der Waals surface area (Å²) in [6.45, 7) is 11.2. The molecule has 0 aromatic heterocycles. The van der Waals surface area contributed by atoms with Crippen molar-refractivity contribution < 1.29 is 34.8 Å². The highest BCUT2D eigenvalue weighted by atomic mass is 32.2. The quantitative estimate of drug-likeness (QED) is 0.414. The molecule has 0 heterocycles.